The average Bonchev–Trinajstić information content (AvgIpc) is 2.60. The van der Waals surface area contributed by atoms with Gasteiger partial charge in [-0.3, -0.25) is 4.79 Å². The van der Waals surface area contributed by atoms with Gasteiger partial charge in [0.1, 0.15) is 0 Å². The molecule has 0 aliphatic heterocycles. The minimum Gasteiger partial charge on any atom is -0.370 e. The van der Waals surface area contributed by atoms with E-state index in [4.69, 9.17) is 11.5 Å². The van der Waals surface area contributed by atoms with Crippen LogP contribution in [0.2, 0.25) is 0 Å². The molecule has 0 aliphatic rings. The van der Waals surface area contributed by atoms with E-state index in [1.807, 2.05) is 19.9 Å². The van der Waals surface area contributed by atoms with Crippen molar-refractivity contribution in [3.05, 3.63) is 34.2 Å². The van der Waals surface area contributed by atoms with Crippen molar-refractivity contribution in [2.24, 2.45) is 16.5 Å². The average molecular weight is 247 g/mol. The molecule has 17 heavy (non-hydrogen) atoms. The fourth-order valence-corrected chi connectivity index (χ4v) is 2.89. The van der Waals surface area contributed by atoms with Crippen LogP contribution in [0.5, 0.6) is 0 Å². The minimum atomic E-state index is -0.386. The van der Waals surface area contributed by atoms with E-state index in [1.165, 1.54) is 16.9 Å². The van der Waals surface area contributed by atoms with E-state index in [0.29, 0.717) is 4.88 Å². The van der Waals surface area contributed by atoms with E-state index in [9.17, 15) is 4.79 Å². The summed E-state index contributed by atoms with van der Waals surface area (Å²) >= 11 is 1.41. The van der Waals surface area contributed by atoms with E-state index >= 15 is 0 Å². The molecule has 0 saturated heterocycles. The monoisotopic (exact) mass is 247 g/mol. The first-order valence-electron chi connectivity index (χ1n) is 5.12. The number of carbonyl (C=O) groups excluding carboxylic acids is 1. The highest BCUT2D eigenvalue weighted by Crippen LogP contribution is 2.29. The van der Waals surface area contributed by atoms with Crippen molar-refractivity contribution in [2.45, 2.75) is 13.8 Å². The molecule has 5 heteroatoms. The van der Waals surface area contributed by atoms with Crippen LogP contribution in [0.15, 0.2) is 23.2 Å². The number of aliphatic imine (C=N–C) groups is 1. The first kappa shape index (κ1) is 11.6. The quantitative estimate of drug-likeness (QED) is 0.596. The van der Waals surface area contributed by atoms with Crippen LogP contribution in [0, 0.1) is 13.8 Å². The normalized spacial score (nSPS) is 10.5. The maximum atomic E-state index is 11.7. The summed E-state index contributed by atoms with van der Waals surface area (Å²) in [7, 11) is 0. The largest absolute Gasteiger partial charge is 0.370 e. The second-order valence-corrected chi connectivity index (χ2v) is 5.03. The number of rotatable bonds is 1. The highest BCUT2D eigenvalue weighted by Gasteiger charge is 2.11. The van der Waals surface area contributed by atoms with Crippen LogP contribution in [0.1, 0.15) is 20.8 Å². The summed E-state index contributed by atoms with van der Waals surface area (Å²) in [6, 6.07) is 5.98. The number of nitrogens with zero attached hydrogens (tertiary/aromatic N) is 1. The lowest BCUT2D eigenvalue weighted by Crippen LogP contribution is -2.24. The number of thiophene rings is 1. The molecule has 0 spiro atoms. The Labute approximate surface area is 103 Å². The molecule has 2 aromatic rings. The van der Waals surface area contributed by atoms with E-state index in [0.717, 1.165) is 15.6 Å². The van der Waals surface area contributed by atoms with Crippen LogP contribution >= 0.6 is 11.3 Å². The van der Waals surface area contributed by atoms with Gasteiger partial charge in [0.2, 0.25) is 0 Å². The zero-order valence-electron chi connectivity index (χ0n) is 9.65. The van der Waals surface area contributed by atoms with Crippen molar-refractivity contribution in [3.63, 3.8) is 0 Å². The van der Waals surface area contributed by atoms with Crippen molar-refractivity contribution >= 4 is 33.3 Å². The molecule has 2 rings (SSSR count). The van der Waals surface area contributed by atoms with Gasteiger partial charge in [-0.25, -0.2) is 0 Å². The van der Waals surface area contributed by atoms with Crippen LogP contribution in [0.3, 0.4) is 0 Å². The maximum Gasteiger partial charge on any atom is 0.290 e. The first-order valence-corrected chi connectivity index (χ1v) is 5.94. The second-order valence-electron chi connectivity index (χ2n) is 3.95. The number of amides is 1. The summed E-state index contributed by atoms with van der Waals surface area (Å²) in [6.45, 7) is 4.06. The van der Waals surface area contributed by atoms with Gasteiger partial charge in [-0.2, -0.15) is 4.99 Å². The lowest BCUT2D eigenvalue weighted by Gasteiger charge is -1.97. The molecule has 88 valence electrons. The summed E-state index contributed by atoms with van der Waals surface area (Å²) in [5.41, 5.74) is 12.7. The molecule has 0 unspecified atom stereocenters. The molecule has 0 saturated carbocycles. The third kappa shape index (κ3) is 2.29. The Bertz CT molecular complexity index is 624. The molecule has 4 N–H and O–H groups in total. The third-order valence-corrected chi connectivity index (χ3v) is 3.50. The molecule has 1 amide bonds. The SMILES string of the molecule is Cc1cc(C)c2cc(C(=O)N=C(N)N)sc2c1. The van der Waals surface area contributed by atoms with Gasteiger partial charge in [-0.05, 0) is 42.5 Å². The van der Waals surface area contributed by atoms with Crippen molar-refractivity contribution < 1.29 is 4.79 Å². The fraction of sp³-hybridized carbons (Fsp3) is 0.167. The van der Waals surface area contributed by atoms with E-state index in [-0.39, 0.29) is 11.9 Å². The van der Waals surface area contributed by atoms with Gasteiger partial charge in [0.15, 0.2) is 5.96 Å². The lowest BCUT2D eigenvalue weighted by molar-refractivity contribution is 0.101. The van der Waals surface area contributed by atoms with E-state index in [2.05, 4.69) is 17.1 Å². The topological polar surface area (TPSA) is 81.5 Å². The van der Waals surface area contributed by atoms with Gasteiger partial charge in [0.25, 0.3) is 5.91 Å². The molecule has 1 aromatic carbocycles. The van der Waals surface area contributed by atoms with Crippen molar-refractivity contribution in [1.29, 1.82) is 0 Å². The molecule has 1 heterocycles. The number of hydrogen-bond acceptors (Lipinski definition) is 2. The van der Waals surface area contributed by atoms with E-state index in [1.54, 1.807) is 0 Å². The van der Waals surface area contributed by atoms with Crippen molar-refractivity contribution in [3.8, 4) is 0 Å². The van der Waals surface area contributed by atoms with Crippen LogP contribution in [0.4, 0.5) is 0 Å². The Hall–Kier alpha value is -1.88. The Kier molecular flexibility index (Phi) is 2.85. The Balaban J connectivity index is 2.55. The van der Waals surface area contributed by atoms with Crippen LogP contribution in [-0.4, -0.2) is 11.9 Å². The van der Waals surface area contributed by atoms with Gasteiger partial charge < -0.3 is 11.5 Å². The summed E-state index contributed by atoms with van der Waals surface area (Å²) in [5, 5.41) is 1.08. The number of fused-ring (bicyclic) bond motifs is 1. The number of benzene rings is 1. The maximum absolute atomic E-state index is 11.7. The molecule has 1 aromatic heterocycles. The van der Waals surface area contributed by atoms with Crippen LogP contribution in [0.25, 0.3) is 10.1 Å². The number of hydrogen-bond donors (Lipinski definition) is 2. The first-order chi connectivity index (χ1) is 7.97. The van der Waals surface area contributed by atoms with Gasteiger partial charge in [-0.15, -0.1) is 11.3 Å². The summed E-state index contributed by atoms with van der Waals surface area (Å²) in [4.78, 5) is 15.8. The lowest BCUT2D eigenvalue weighted by atomic mass is 10.1. The van der Waals surface area contributed by atoms with Gasteiger partial charge in [0, 0.05) is 4.70 Å². The summed E-state index contributed by atoms with van der Waals surface area (Å²) in [5.74, 6) is -0.594. The minimum absolute atomic E-state index is 0.208. The Morgan fingerprint density at radius 2 is 1.94 bits per heavy atom. The number of carbonyl (C=O) groups is 1. The van der Waals surface area contributed by atoms with Crippen molar-refractivity contribution in [2.75, 3.05) is 0 Å². The third-order valence-electron chi connectivity index (χ3n) is 2.43. The number of nitrogens with two attached hydrogens (primary N) is 2. The second kappa shape index (κ2) is 4.18. The Morgan fingerprint density at radius 1 is 1.24 bits per heavy atom. The summed E-state index contributed by atoms with van der Waals surface area (Å²) in [6.07, 6.45) is 0. The molecular weight excluding hydrogens is 234 g/mol. The molecule has 0 aliphatic carbocycles. The molecule has 0 bridgehead atoms. The van der Waals surface area contributed by atoms with Crippen molar-refractivity contribution in [1.82, 2.24) is 0 Å². The zero-order chi connectivity index (χ0) is 12.6. The predicted octanol–water partition coefficient (Wildman–Crippen LogP) is 1.93. The number of guanidine groups is 1. The summed E-state index contributed by atoms with van der Waals surface area (Å²) < 4.78 is 1.08. The molecule has 0 atom stereocenters. The standard InChI is InChI=1S/C12H13N3OS/c1-6-3-7(2)8-5-10(17-9(8)4-6)11(16)15-12(13)14/h3-5H,1-2H3,(H4,13,14,15,16). The van der Waals surface area contributed by atoms with Crippen LogP contribution in [-0.2, 0) is 0 Å². The Morgan fingerprint density at radius 3 is 2.59 bits per heavy atom. The molecule has 0 fully saturated rings. The molecule has 0 radical (unpaired) electrons. The number of aryl methyl sites for hydroxylation is 2. The highest BCUT2D eigenvalue weighted by molar-refractivity contribution is 7.20. The van der Waals surface area contributed by atoms with Gasteiger partial charge in [-0.1, -0.05) is 6.07 Å². The van der Waals surface area contributed by atoms with Gasteiger partial charge in [0.05, 0.1) is 4.88 Å². The fourth-order valence-electron chi connectivity index (χ4n) is 1.77. The smallest absolute Gasteiger partial charge is 0.290 e. The van der Waals surface area contributed by atoms with Gasteiger partial charge >= 0.3 is 0 Å². The molecule has 4 nitrogen and oxygen atoms in total. The van der Waals surface area contributed by atoms with E-state index < -0.39 is 0 Å². The van der Waals surface area contributed by atoms with Crippen LogP contribution < -0.4 is 11.5 Å². The molecular formula is C12H13N3OS. The zero-order valence-corrected chi connectivity index (χ0v) is 10.5. The predicted molar refractivity (Wildman–Crippen MR) is 71.4 cm³/mol. The highest BCUT2D eigenvalue weighted by atomic mass is 32.1.